The lowest BCUT2D eigenvalue weighted by Gasteiger charge is -2.33. The fraction of sp³-hybridized carbons (Fsp3) is 0.533. The van der Waals surface area contributed by atoms with Crippen LogP contribution in [0, 0.1) is 11.7 Å². The van der Waals surface area contributed by atoms with Gasteiger partial charge in [-0.2, -0.15) is 0 Å². The molecule has 1 aromatic heterocycles. The Morgan fingerprint density at radius 3 is 2.74 bits per heavy atom. The van der Waals surface area contributed by atoms with Gasteiger partial charge in [0.15, 0.2) is 5.13 Å². The summed E-state index contributed by atoms with van der Waals surface area (Å²) in [7, 11) is -1.49. The van der Waals surface area contributed by atoms with Crippen molar-refractivity contribution in [1.82, 2.24) is 9.29 Å². The number of anilines is 1. The Kier molecular flexibility index (Phi) is 4.57. The number of sulfonamides is 1. The Bertz CT molecular complexity index is 798. The highest BCUT2D eigenvalue weighted by atomic mass is 32.2. The summed E-state index contributed by atoms with van der Waals surface area (Å²) >= 11 is 1.51. The van der Waals surface area contributed by atoms with Crippen LogP contribution in [-0.4, -0.2) is 50.6 Å². The number of hydrogen-bond donors (Lipinski definition) is 0. The molecule has 1 aromatic carbocycles. The van der Waals surface area contributed by atoms with Gasteiger partial charge >= 0.3 is 0 Å². The molecule has 0 saturated carbocycles. The highest BCUT2D eigenvalue weighted by Gasteiger charge is 2.24. The van der Waals surface area contributed by atoms with Crippen molar-refractivity contribution >= 4 is 36.7 Å². The van der Waals surface area contributed by atoms with Crippen molar-refractivity contribution in [2.45, 2.75) is 12.8 Å². The van der Waals surface area contributed by atoms with E-state index >= 15 is 0 Å². The van der Waals surface area contributed by atoms with Gasteiger partial charge in [-0.1, -0.05) is 11.3 Å². The topological polar surface area (TPSA) is 53.5 Å². The highest BCUT2D eigenvalue weighted by Crippen LogP contribution is 2.32. The molecule has 1 aliphatic heterocycles. The predicted molar refractivity (Wildman–Crippen MR) is 92.0 cm³/mol. The van der Waals surface area contributed by atoms with E-state index in [0.29, 0.717) is 12.5 Å². The van der Waals surface area contributed by atoms with Gasteiger partial charge in [0.2, 0.25) is 10.0 Å². The van der Waals surface area contributed by atoms with E-state index in [2.05, 4.69) is 9.88 Å². The minimum atomic E-state index is -3.12. The molecule has 0 aliphatic carbocycles. The average Bonchev–Trinajstić information content (AvgIpc) is 2.90. The fourth-order valence-corrected chi connectivity index (χ4v) is 4.35. The molecule has 1 fully saturated rings. The maximum absolute atomic E-state index is 13.3. The maximum Gasteiger partial charge on any atom is 0.210 e. The van der Waals surface area contributed by atoms with Gasteiger partial charge in [0.05, 0.1) is 16.5 Å². The van der Waals surface area contributed by atoms with Crippen LogP contribution < -0.4 is 4.90 Å². The predicted octanol–water partition coefficient (Wildman–Crippen LogP) is 2.54. The minimum absolute atomic E-state index is 0.241. The summed E-state index contributed by atoms with van der Waals surface area (Å²) in [6.45, 7) is 2.27. The standard InChI is InChI=1S/C15H20FN3O2S2/c1-18(23(2,20)21)10-11-5-7-19(8-6-11)15-17-13-4-3-12(16)9-14(13)22-15/h3-4,9,11H,5-8,10H2,1-2H3. The van der Waals surface area contributed by atoms with Gasteiger partial charge in [-0.3, -0.25) is 0 Å². The summed E-state index contributed by atoms with van der Waals surface area (Å²) in [6.07, 6.45) is 3.11. The average molecular weight is 357 g/mol. The first kappa shape index (κ1) is 16.6. The van der Waals surface area contributed by atoms with Crippen molar-refractivity contribution in [3.05, 3.63) is 24.0 Å². The fourth-order valence-electron chi connectivity index (χ4n) is 2.83. The molecule has 1 aliphatic rings. The third-order valence-corrected chi connectivity index (χ3v) is 6.67. The molecule has 0 N–H and O–H groups in total. The van der Waals surface area contributed by atoms with Gasteiger partial charge in [0.25, 0.3) is 0 Å². The smallest absolute Gasteiger partial charge is 0.210 e. The highest BCUT2D eigenvalue weighted by molar-refractivity contribution is 7.88. The van der Waals surface area contributed by atoms with E-state index in [0.717, 1.165) is 41.3 Å². The van der Waals surface area contributed by atoms with Crippen molar-refractivity contribution in [1.29, 1.82) is 0 Å². The lowest BCUT2D eigenvalue weighted by molar-refractivity contribution is 0.329. The van der Waals surface area contributed by atoms with Gasteiger partial charge in [0.1, 0.15) is 5.82 Å². The van der Waals surface area contributed by atoms with Crippen LogP contribution in [0.25, 0.3) is 10.2 Å². The molecular formula is C15H20FN3O2S2. The molecule has 0 spiro atoms. The van der Waals surface area contributed by atoms with Crippen LogP contribution in [-0.2, 0) is 10.0 Å². The lowest BCUT2D eigenvalue weighted by Crippen LogP contribution is -2.39. The first-order valence-electron chi connectivity index (χ1n) is 7.55. The second-order valence-corrected chi connectivity index (χ2v) is 9.18. The Morgan fingerprint density at radius 1 is 1.39 bits per heavy atom. The van der Waals surface area contributed by atoms with Gasteiger partial charge in [-0.25, -0.2) is 22.1 Å². The Labute approximate surface area is 139 Å². The van der Waals surface area contributed by atoms with E-state index < -0.39 is 10.0 Å². The molecule has 126 valence electrons. The van der Waals surface area contributed by atoms with Crippen molar-refractivity contribution < 1.29 is 12.8 Å². The van der Waals surface area contributed by atoms with Crippen LogP contribution in [0.5, 0.6) is 0 Å². The number of benzene rings is 1. The first-order chi connectivity index (χ1) is 10.8. The van der Waals surface area contributed by atoms with E-state index in [9.17, 15) is 12.8 Å². The summed E-state index contributed by atoms with van der Waals surface area (Å²) in [6, 6.07) is 4.65. The molecule has 23 heavy (non-hydrogen) atoms. The molecule has 8 heteroatoms. The van der Waals surface area contributed by atoms with Crippen molar-refractivity contribution in [2.75, 3.05) is 37.8 Å². The number of aromatic nitrogens is 1. The van der Waals surface area contributed by atoms with Crippen LogP contribution in [0.1, 0.15) is 12.8 Å². The number of nitrogens with zero attached hydrogens (tertiary/aromatic N) is 3. The zero-order valence-electron chi connectivity index (χ0n) is 13.2. The number of hydrogen-bond acceptors (Lipinski definition) is 5. The number of fused-ring (bicyclic) bond motifs is 1. The number of piperidine rings is 1. The number of rotatable bonds is 4. The lowest BCUT2D eigenvalue weighted by atomic mass is 9.97. The molecule has 0 amide bonds. The normalized spacial score (nSPS) is 17.3. The summed E-state index contributed by atoms with van der Waals surface area (Å²) in [5.41, 5.74) is 0.824. The molecule has 5 nitrogen and oxygen atoms in total. The SMILES string of the molecule is CN(CC1CCN(c2nc3ccc(F)cc3s2)CC1)S(C)(=O)=O. The summed E-state index contributed by atoms with van der Waals surface area (Å²) in [5, 5.41) is 0.917. The Hall–Kier alpha value is -1.25. The van der Waals surface area contributed by atoms with Crippen molar-refractivity contribution in [3.8, 4) is 0 Å². The molecule has 3 rings (SSSR count). The molecule has 0 atom stereocenters. The van der Waals surface area contributed by atoms with Gasteiger partial charge in [0, 0.05) is 26.7 Å². The zero-order valence-corrected chi connectivity index (χ0v) is 14.8. The van der Waals surface area contributed by atoms with E-state index in [1.54, 1.807) is 13.1 Å². The zero-order chi connectivity index (χ0) is 16.6. The third kappa shape index (κ3) is 3.81. The molecule has 0 unspecified atom stereocenters. The van der Waals surface area contributed by atoms with Gasteiger partial charge < -0.3 is 4.90 Å². The second kappa shape index (κ2) is 6.33. The maximum atomic E-state index is 13.3. The largest absolute Gasteiger partial charge is 0.348 e. The third-order valence-electron chi connectivity index (χ3n) is 4.31. The number of thiazole rings is 1. The first-order valence-corrected chi connectivity index (χ1v) is 10.2. The van der Waals surface area contributed by atoms with Crippen molar-refractivity contribution in [2.24, 2.45) is 5.92 Å². The molecule has 1 saturated heterocycles. The van der Waals surface area contributed by atoms with Crippen LogP contribution in [0.15, 0.2) is 18.2 Å². The van der Waals surface area contributed by atoms with Crippen LogP contribution in [0.3, 0.4) is 0 Å². The number of halogens is 1. The van der Waals surface area contributed by atoms with Gasteiger partial charge in [-0.15, -0.1) is 0 Å². The molecule has 2 aromatic rings. The quantitative estimate of drug-likeness (QED) is 0.844. The summed E-state index contributed by atoms with van der Waals surface area (Å²) in [5.74, 6) is 0.132. The van der Waals surface area contributed by atoms with Crippen LogP contribution >= 0.6 is 11.3 Å². The van der Waals surface area contributed by atoms with E-state index in [-0.39, 0.29) is 5.82 Å². The van der Waals surface area contributed by atoms with Crippen LogP contribution in [0.4, 0.5) is 9.52 Å². The van der Waals surface area contributed by atoms with E-state index in [1.807, 2.05) is 0 Å². The summed E-state index contributed by atoms with van der Waals surface area (Å²) < 4.78 is 38.5. The molecule has 0 bridgehead atoms. The van der Waals surface area contributed by atoms with Crippen LogP contribution in [0.2, 0.25) is 0 Å². The molecular weight excluding hydrogens is 337 g/mol. The van der Waals surface area contributed by atoms with E-state index in [4.69, 9.17) is 0 Å². The van der Waals surface area contributed by atoms with E-state index in [1.165, 1.54) is 34.0 Å². The Balaban J connectivity index is 1.64. The molecule has 2 heterocycles. The second-order valence-electron chi connectivity index (χ2n) is 6.08. The monoisotopic (exact) mass is 357 g/mol. The molecule has 0 radical (unpaired) electrons. The Morgan fingerprint density at radius 2 is 2.09 bits per heavy atom. The minimum Gasteiger partial charge on any atom is -0.348 e. The van der Waals surface area contributed by atoms with Gasteiger partial charge in [-0.05, 0) is 37.0 Å². The van der Waals surface area contributed by atoms with Crippen molar-refractivity contribution in [3.63, 3.8) is 0 Å². The summed E-state index contributed by atoms with van der Waals surface area (Å²) in [4.78, 5) is 6.78.